The van der Waals surface area contributed by atoms with Gasteiger partial charge in [-0.1, -0.05) is 6.07 Å². The zero-order chi connectivity index (χ0) is 14.5. The molecule has 0 saturated carbocycles. The molecule has 0 aliphatic rings. The predicted octanol–water partition coefficient (Wildman–Crippen LogP) is 2.75. The van der Waals surface area contributed by atoms with E-state index < -0.39 is 4.92 Å². The number of aryl methyl sites for hydroxylation is 1. The molecular formula is C14H11N3O3. The first-order chi connectivity index (χ1) is 9.60. The molecule has 0 fully saturated rings. The molecule has 2 rings (SSSR count). The van der Waals surface area contributed by atoms with Gasteiger partial charge in [0.15, 0.2) is 5.75 Å². The summed E-state index contributed by atoms with van der Waals surface area (Å²) in [5, 5.41) is 19.7. The van der Waals surface area contributed by atoms with Crippen LogP contribution in [0.15, 0.2) is 36.4 Å². The molecular weight excluding hydrogens is 258 g/mol. The Kier molecular flexibility index (Phi) is 3.91. The Labute approximate surface area is 115 Å². The minimum Gasteiger partial charge on any atom is -0.480 e. The summed E-state index contributed by atoms with van der Waals surface area (Å²) >= 11 is 0. The van der Waals surface area contributed by atoms with Crippen LogP contribution in [0, 0.1) is 28.4 Å². The molecule has 100 valence electrons. The molecule has 0 spiro atoms. The number of rotatable bonds is 4. The minimum atomic E-state index is -0.570. The second-order valence-corrected chi connectivity index (χ2v) is 4.11. The van der Waals surface area contributed by atoms with Crippen molar-refractivity contribution in [3.8, 4) is 11.8 Å². The van der Waals surface area contributed by atoms with Crippen molar-refractivity contribution in [3.63, 3.8) is 0 Å². The molecule has 1 aromatic heterocycles. The van der Waals surface area contributed by atoms with Gasteiger partial charge in [-0.05, 0) is 31.2 Å². The van der Waals surface area contributed by atoms with Crippen LogP contribution in [0.1, 0.15) is 17.0 Å². The number of ether oxygens (including phenoxy) is 1. The number of nitro benzene ring substituents is 1. The third-order valence-electron chi connectivity index (χ3n) is 2.61. The fraction of sp³-hybridized carbons (Fsp3) is 0.143. The number of hydrogen-bond acceptors (Lipinski definition) is 5. The Morgan fingerprint density at radius 3 is 2.85 bits per heavy atom. The van der Waals surface area contributed by atoms with E-state index in [1.165, 1.54) is 18.2 Å². The van der Waals surface area contributed by atoms with Gasteiger partial charge in [0, 0.05) is 11.8 Å². The lowest BCUT2D eigenvalue weighted by Crippen LogP contribution is -2.01. The van der Waals surface area contributed by atoms with E-state index >= 15 is 0 Å². The monoisotopic (exact) mass is 269 g/mol. The van der Waals surface area contributed by atoms with E-state index in [1.54, 1.807) is 6.07 Å². The van der Waals surface area contributed by atoms with Gasteiger partial charge < -0.3 is 4.74 Å². The summed E-state index contributed by atoms with van der Waals surface area (Å²) in [6.45, 7) is 1.99. The first kappa shape index (κ1) is 13.5. The molecule has 0 saturated heterocycles. The van der Waals surface area contributed by atoms with E-state index in [0.717, 1.165) is 5.69 Å². The summed E-state index contributed by atoms with van der Waals surface area (Å²) in [5.41, 5.74) is 1.53. The smallest absolute Gasteiger partial charge is 0.312 e. The zero-order valence-corrected chi connectivity index (χ0v) is 10.7. The van der Waals surface area contributed by atoms with Crippen LogP contribution in [0.25, 0.3) is 0 Å². The van der Waals surface area contributed by atoms with Crippen molar-refractivity contribution in [1.29, 1.82) is 5.26 Å². The van der Waals surface area contributed by atoms with Crippen LogP contribution in [-0.4, -0.2) is 9.91 Å². The molecule has 2 aromatic rings. The Bertz CT molecular complexity index is 692. The van der Waals surface area contributed by atoms with Gasteiger partial charge in [0.25, 0.3) is 0 Å². The van der Waals surface area contributed by atoms with Gasteiger partial charge in [-0.15, -0.1) is 0 Å². The van der Waals surface area contributed by atoms with Gasteiger partial charge >= 0.3 is 5.69 Å². The van der Waals surface area contributed by atoms with E-state index in [1.807, 2.05) is 25.1 Å². The SMILES string of the molecule is Cc1cccc(COc2ccc(C#N)cc2[N+](=O)[O-])n1. The molecule has 0 atom stereocenters. The first-order valence-corrected chi connectivity index (χ1v) is 5.84. The van der Waals surface area contributed by atoms with E-state index in [2.05, 4.69) is 4.98 Å². The first-order valence-electron chi connectivity index (χ1n) is 5.84. The lowest BCUT2D eigenvalue weighted by molar-refractivity contribution is -0.386. The Morgan fingerprint density at radius 2 is 2.20 bits per heavy atom. The van der Waals surface area contributed by atoms with Crippen LogP contribution < -0.4 is 4.74 Å². The van der Waals surface area contributed by atoms with Crippen LogP contribution in [-0.2, 0) is 6.61 Å². The highest BCUT2D eigenvalue weighted by atomic mass is 16.6. The summed E-state index contributed by atoms with van der Waals surface area (Å²) in [5.74, 6) is 0.123. The number of nitrogens with zero attached hydrogens (tertiary/aromatic N) is 3. The fourth-order valence-corrected chi connectivity index (χ4v) is 1.68. The Balaban J connectivity index is 2.21. The van der Waals surface area contributed by atoms with Crippen molar-refractivity contribution >= 4 is 5.69 Å². The maximum atomic E-state index is 11.0. The molecule has 6 heteroatoms. The molecule has 0 bridgehead atoms. The molecule has 0 amide bonds. The van der Waals surface area contributed by atoms with E-state index in [0.29, 0.717) is 5.69 Å². The van der Waals surface area contributed by atoms with Gasteiger partial charge in [-0.25, -0.2) is 0 Å². The van der Waals surface area contributed by atoms with Gasteiger partial charge in [-0.3, -0.25) is 15.1 Å². The summed E-state index contributed by atoms with van der Waals surface area (Å²) in [6, 6.07) is 11.4. The van der Waals surface area contributed by atoms with Gasteiger partial charge in [0.1, 0.15) is 6.61 Å². The molecule has 1 heterocycles. The van der Waals surface area contributed by atoms with Crippen LogP contribution >= 0.6 is 0 Å². The molecule has 0 aliphatic heterocycles. The maximum Gasteiger partial charge on any atom is 0.312 e. The van der Waals surface area contributed by atoms with Crippen LogP contribution in [0.4, 0.5) is 5.69 Å². The van der Waals surface area contributed by atoms with Crippen LogP contribution in [0.5, 0.6) is 5.75 Å². The van der Waals surface area contributed by atoms with Gasteiger partial charge in [0.05, 0.1) is 22.2 Å². The second kappa shape index (κ2) is 5.80. The topological polar surface area (TPSA) is 89.0 Å². The number of benzene rings is 1. The van der Waals surface area contributed by atoms with Crippen molar-refractivity contribution in [2.45, 2.75) is 13.5 Å². The number of nitriles is 1. The summed E-state index contributed by atoms with van der Waals surface area (Å²) in [4.78, 5) is 14.6. The average molecular weight is 269 g/mol. The highest BCUT2D eigenvalue weighted by Gasteiger charge is 2.16. The van der Waals surface area contributed by atoms with E-state index in [9.17, 15) is 10.1 Å². The lowest BCUT2D eigenvalue weighted by Gasteiger charge is -2.07. The molecule has 6 nitrogen and oxygen atoms in total. The highest BCUT2D eigenvalue weighted by molar-refractivity contribution is 5.51. The largest absolute Gasteiger partial charge is 0.480 e. The van der Waals surface area contributed by atoms with Crippen LogP contribution in [0.3, 0.4) is 0 Å². The fourth-order valence-electron chi connectivity index (χ4n) is 1.68. The third kappa shape index (κ3) is 3.09. The Morgan fingerprint density at radius 1 is 1.40 bits per heavy atom. The summed E-state index contributed by atoms with van der Waals surface area (Å²) in [6.07, 6.45) is 0. The van der Waals surface area contributed by atoms with Gasteiger partial charge in [-0.2, -0.15) is 5.26 Å². The minimum absolute atomic E-state index is 0.123. The third-order valence-corrected chi connectivity index (χ3v) is 2.61. The number of hydrogen-bond donors (Lipinski definition) is 0. The van der Waals surface area contributed by atoms with Crippen molar-refractivity contribution < 1.29 is 9.66 Å². The highest BCUT2D eigenvalue weighted by Crippen LogP contribution is 2.28. The quantitative estimate of drug-likeness (QED) is 0.628. The maximum absolute atomic E-state index is 11.0. The zero-order valence-electron chi connectivity index (χ0n) is 10.7. The van der Waals surface area contributed by atoms with Crippen molar-refractivity contribution in [2.24, 2.45) is 0 Å². The normalized spacial score (nSPS) is 9.80. The molecule has 1 aromatic carbocycles. The number of pyridine rings is 1. The number of nitro groups is 1. The van der Waals surface area contributed by atoms with E-state index in [-0.39, 0.29) is 23.6 Å². The average Bonchev–Trinajstić information content (AvgIpc) is 2.45. The number of aromatic nitrogens is 1. The summed E-state index contributed by atoms with van der Waals surface area (Å²) in [7, 11) is 0. The van der Waals surface area contributed by atoms with Gasteiger partial charge in [0.2, 0.25) is 0 Å². The summed E-state index contributed by atoms with van der Waals surface area (Å²) < 4.78 is 5.43. The van der Waals surface area contributed by atoms with E-state index in [4.69, 9.17) is 10.00 Å². The Hall–Kier alpha value is -2.94. The molecule has 0 aliphatic carbocycles. The van der Waals surface area contributed by atoms with Crippen LogP contribution in [0.2, 0.25) is 0 Å². The molecule has 0 radical (unpaired) electrons. The standard InChI is InChI=1S/C14H11N3O3/c1-10-3-2-4-12(16-10)9-20-14-6-5-11(8-15)7-13(14)17(18)19/h2-7H,9H2,1H3. The predicted molar refractivity (Wildman–Crippen MR) is 71.1 cm³/mol. The lowest BCUT2D eigenvalue weighted by atomic mass is 10.2. The molecule has 20 heavy (non-hydrogen) atoms. The second-order valence-electron chi connectivity index (χ2n) is 4.11. The van der Waals surface area contributed by atoms with Crippen molar-refractivity contribution in [3.05, 3.63) is 63.5 Å². The van der Waals surface area contributed by atoms with Crippen molar-refractivity contribution in [2.75, 3.05) is 0 Å². The molecule has 0 unspecified atom stereocenters. The molecule has 0 N–H and O–H groups in total. The van der Waals surface area contributed by atoms with Crippen molar-refractivity contribution in [1.82, 2.24) is 4.98 Å².